The summed E-state index contributed by atoms with van der Waals surface area (Å²) in [5.74, 6) is 0. The van der Waals surface area contributed by atoms with Crippen LogP contribution in [0.15, 0.2) is 24.3 Å². The summed E-state index contributed by atoms with van der Waals surface area (Å²) in [4.78, 5) is 2.57. The second-order valence-corrected chi connectivity index (χ2v) is 5.73. The molecule has 0 aromatic heterocycles. The lowest BCUT2D eigenvalue weighted by Gasteiger charge is -2.37. The summed E-state index contributed by atoms with van der Waals surface area (Å²) in [5, 5.41) is 0. The normalized spacial score (nSPS) is 14.4. The summed E-state index contributed by atoms with van der Waals surface area (Å²) >= 11 is 0. The first kappa shape index (κ1) is 18.1. The average Bonchev–Trinajstić information content (AvgIpc) is 2.52. The predicted octanol–water partition coefficient (Wildman–Crippen LogP) is 3.73. The molecule has 0 amide bonds. The Morgan fingerprint density at radius 3 is 2.52 bits per heavy atom. The van der Waals surface area contributed by atoms with Gasteiger partial charge in [0, 0.05) is 25.7 Å². The van der Waals surface area contributed by atoms with Crippen molar-refractivity contribution in [2.45, 2.75) is 58.7 Å². The molecule has 1 rings (SSSR count). The lowest BCUT2D eigenvalue weighted by Crippen LogP contribution is -2.40. The maximum absolute atomic E-state index is 6.15. The lowest BCUT2D eigenvalue weighted by molar-refractivity contribution is 0.136. The van der Waals surface area contributed by atoms with Crippen molar-refractivity contribution in [3.05, 3.63) is 35.4 Å². The highest BCUT2D eigenvalue weighted by atomic mass is 16.5. The Labute approximate surface area is 130 Å². The minimum atomic E-state index is 0.276. The fourth-order valence-corrected chi connectivity index (χ4v) is 2.85. The van der Waals surface area contributed by atoms with Gasteiger partial charge in [-0.1, -0.05) is 44.5 Å². The van der Waals surface area contributed by atoms with Gasteiger partial charge >= 0.3 is 0 Å². The maximum atomic E-state index is 6.15. The molecule has 0 bridgehead atoms. The summed E-state index contributed by atoms with van der Waals surface area (Å²) in [6.45, 7) is 9.19. The van der Waals surface area contributed by atoms with Crippen LogP contribution in [-0.4, -0.2) is 31.1 Å². The third-order valence-corrected chi connectivity index (χ3v) is 4.26. The zero-order valence-corrected chi connectivity index (χ0v) is 14.1. The van der Waals surface area contributed by atoms with Crippen LogP contribution in [0.4, 0.5) is 0 Å². The van der Waals surface area contributed by atoms with Gasteiger partial charge in [0.1, 0.15) is 0 Å². The van der Waals surface area contributed by atoms with Gasteiger partial charge in [0.05, 0.1) is 6.61 Å². The molecule has 2 N–H and O–H groups in total. The van der Waals surface area contributed by atoms with E-state index in [1.165, 1.54) is 24.0 Å². The first-order valence-electron chi connectivity index (χ1n) is 8.22. The molecule has 0 radical (unpaired) electrons. The van der Waals surface area contributed by atoms with E-state index in [1.807, 2.05) is 0 Å². The van der Waals surface area contributed by atoms with Crippen molar-refractivity contribution in [2.75, 3.05) is 20.2 Å². The van der Waals surface area contributed by atoms with Crippen LogP contribution in [0, 0.1) is 0 Å². The first-order valence-corrected chi connectivity index (χ1v) is 8.22. The Morgan fingerprint density at radius 1 is 1.24 bits per heavy atom. The summed E-state index contributed by atoms with van der Waals surface area (Å²) in [6, 6.07) is 9.35. The van der Waals surface area contributed by atoms with Crippen LogP contribution in [0.5, 0.6) is 0 Å². The van der Waals surface area contributed by atoms with E-state index in [0.717, 1.165) is 13.0 Å². The fourth-order valence-electron chi connectivity index (χ4n) is 2.85. The second-order valence-electron chi connectivity index (χ2n) is 5.73. The van der Waals surface area contributed by atoms with Crippen molar-refractivity contribution >= 4 is 0 Å². The summed E-state index contributed by atoms with van der Waals surface area (Å²) in [5.41, 5.74) is 8.72. The molecular weight excluding hydrogens is 260 g/mol. The van der Waals surface area contributed by atoms with Crippen LogP contribution in [0.25, 0.3) is 0 Å². The van der Waals surface area contributed by atoms with Gasteiger partial charge in [-0.25, -0.2) is 0 Å². The first-order chi connectivity index (χ1) is 10.2. The molecule has 0 saturated carbocycles. The molecule has 0 spiro atoms. The second kappa shape index (κ2) is 9.93. The van der Waals surface area contributed by atoms with E-state index in [-0.39, 0.29) is 6.04 Å². The molecule has 0 aliphatic carbocycles. The monoisotopic (exact) mass is 292 g/mol. The minimum absolute atomic E-state index is 0.276. The van der Waals surface area contributed by atoms with Crippen LogP contribution >= 0.6 is 0 Å². The SMILES string of the molecule is CCCCN(C(C)CC)C(CN)c1ccccc1COC. The Hall–Kier alpha value is -0.900. The Kier molecular flexibility index (Phi) is 8.58. The molecule has 2 unspecified atom stereocenters. The number of hydrogen-bond acceptors (Lipinski definition) is 3. The topological polar surface area (TPSA) is 38.5 Å². The minimum Gasteiger partial charge on any atom is -0.380 e. The van der Waals surface area contributed by atoms with Gasteiger partial charge in [0.15, 0.2) is 0 Å². The van der Waals surface area contributed by atoms with Crippen molar-refractivity contribution < 1.29 is 4.74 Å². The molecule has 2 atom stereocenters. The average molecular weight is 292 g/mol. The van der Waals surface area contributed by atoms with Gasteiger partial charge in [-0.3, -0.25) is 4.90 Å². The predicted molar refractivity (Wildman–Crippen MR) is 90.3 cm³/mol. The summed E-state index contributed by atoms with van der Waals surface area (Å²) in [6.07, 6.45) is 3.57. The molecule has 3 nitrogen and oxygen atoms in total. The third-order valence-electron chi connectivity index (χ3n) is 4.26. The number of benzene rings is 1. The van der Waals surface area contributed by atoms with Crippen LogP contribution in [0.2, 0.25) is 0 Å². The Balaban J connectivity index is 3.06. The van der Waals surface area contributed by atoms with Crippen LogP contribution in [-0.2, 0) is 11.3 Å². The van der Waals surface area contributed by atoms with Crippen molar-refractivity contribution in [1.82, 2.24) is 4.90 Å². The van der Waals surface area contributed by atoms with Gasteiger partial charge in [-0.15, -0.1) is 0 Å². The van der Waals surface area contributed by atoms with E-state index < -0.39 is 0 Å². The zero-order valence-electron chi connectivity index (χ0n) is 14.1. The van der Waals surface area contributed by atoms with Gasteiger partial charge < -0.3 is 10.5 Å². The van der Waals surface area contributed by atoms with E-state index in [0.29, 0.717) is 19.2 Å². The maximum Gasteiger partial charge on any atom is 0.0716 e. The molecule has 3 heteroatoms. The number of nitrogens with two attached hydrogens (primary N) is 1. The van der Waals surface area contributed by atoms with Crippen LogP contribution in [0.1, 0.15) is 57.2 Å². The van der Waals surface area contributed by atoms with Crippen molar-refractivity contribution in [1.29, 1.82) is 0 Å². The molecule has 1 aromatic rings. The largest absolute Gasteiger partial charge is 0.380 e. The molecule has 21 heavy (non-hydrogen) atoms. The van der Waals surface area contributed by atoms with Gasteiger partial charge in [-0.05, 0) is 37.4 Å². The standard InChI is InChI=1S/C18H32N2O/c1-5-7-12-20(15(3)6-2)18(13-19)17-11-9-8-10-16(17)14-21-4/h8-11,15,18H,5-7,12-14,19H2,1-4H3. The zero-order chi connectivity index (χ0) is 15.7. The molecule has 0 aliphatic rings. The van der Waals surface area contributed by atoms with Crippen LogP contribution in [0.3, 0.4) is 0 Å². The van der Waals surface area contributed by atoms with Gasteiger partial charge in [-0.2, -0.15) is 0 Å². The highest BCUT2D eigenvalue weighted by Gasteiger charge is 2.24. The molecule has 1 aromatic carbocycles. The highest BCUT2D eigenvalue weighted by molar-refractivity contribution is 5.30. The van der Waals surface area contributed by atoms with Crippen molar-refractivity contribution in [3.8, 4) is 0 Å². The van der Waals surface area contributed by atoms with Crippen LogP contribution < -0.4 is 5.73 Å². The molecule has 0 heterocycles. The Morgan fingerprint density at radius 2 is 1.95 bits per heavy atom. The number of rotatable bonds is 10. The number of ether oxygens (including phenoxy) is 1. The number of methoxy groups -OCH3 is 1. The number of hydrogen-bond donors (Lipinski definition) is 1. The van der Waals surface area contributed by atoms with E-state index in [9.17, 15) is 0 Å². The summed E-state index contributed by atoms with van der Waals surface area (Å²) < 4.78 is 5.35. The van der Waals surface area contributed by atoms with E-state index in [2.05, 4.69) is 49.9 Å². The highest BCUT2D eigenvalue weighted by Crippen LogP contribution is 2.27. The van der Waals surface area contributed by atoms with Crippen molar-refractivity contribution in [2.24, 2.45) is 5.73 Å². The molecule has 120 valence electrons. The van der Waals surface area contributed by atoms with E-state index in [4.69, 9.17) is 10.5 Å². The smallest absolute Gasteiger partial charge is 0.0716 e. The lowest BCUT2D eigenvalue weighted by atomic mass is 9.97. The molecular formula is C18H32N2O. The molecule has 0 aliphatic heterocycles. The van der Waals surface area contributed by atoms with E-state index >= 15 is 0 Å². The van der Waals surface area contributed by atoms with E-state index in [1.54, 1.807) is 7.11 Å². The quantitative estimate of drug-likeness (QED) is 0.714. The number of unbranched alkanes of at least 4 members (excludes halogenated alkanes) is 1. The number of nitrogens with zero attached hydrogens (tertiary/aromatic N) is 1. The third kappa shape index (κ3) is 5.10. The fraction of sp³-hybridized carbons (Fsp3) is 0.667. The molecule has 0 saturated heterocycles. The van der Waals surface area contributed by atoms with Crippen molar-refractivity contribution in [3.63, 3.8) is 0 Å². The van der Waals surface area contributed by atoms with Gasteiger partial charge in [0.25, 0.3) is 0 Å². The molecule has 0 fully saturated rings. The Bertz CT molecular complexity index is 395. The van der Waals surface area contributed by atoms with Gasteiger partial charge in [0.2, 0.25) is 0 Å². The summed E-state index contributed by atoms with van der Waals surface area (Å²) in [7, 11) is 1.75.